The number of anilines is 1. The molecule has 1 saturated heterocycles. The highest BCUT2D eigenvalue weighted by Crippen LogP contribution is 2.30. The van der Waals surface area contributed by atoms with E-state index in [9.17, 15) is 4.79 Å². The Morgan fingerprint density at radius 2 is 2.19 bits per heavy atom. The molecule has 1 aromatic carbocycles. The minimum atomic E-state index is -0.552. The number of nitrogens with one attached hydrogen (secondary N) is 2. The van der Waals surface area contributed by atoms with Crippen LogP contribution in [-0.4, -0.2) is 31.1 Å². The quantitative estimate of drug-likeness (QED) is 0.822. The van der Waals surface area contributed by atoms with Gasteiger partial charge in [-0.1, -0.05) is 24.6 Å². The molecular formula is C16H24ClN3O. The Hall–Kier alpha value is -1.26. The molecule has 0 atom stereocenters. The van der Waals surface area contributed by atoms with Gasteiger partial charge < -0.3 is 15.5 Å². The fraction of sp³-hybridized carbons (Fsp3) is 0.562. The molecule has 0 aromatic heterocycles. The summed E-state index contributed by atoms with van der Waals surface area (Å²) in [5.41, 5.74) is 1.54. The largest absolute Gasteiger partial charge is 0.356 e. The Morgan fingerprint density at radius 3 is 2.86 bits per heavy atom. The van der Waals surface area contributed by atoms with Crippen molar-refractivity contribution in [3.05, 3.63) is 28.8 Å². The Morgan fingerprint density at radius 1 is 1.43 bits per heavy atom. The van der Waals surface area contributed by atoms with E-state index < -0.39 is 5.54 Å². The highest BCUT2D eigenvalue weighted by atomic mass is 35.5. The van der Waals surface area contributed by atoms with Gasteiger partial charge in [-0.2, -0.15) is 0 Å². The molecule has 0 unspecified atom stereocenters. The van der Waals surface area contributed by atoms with Crippen molar-refractivity contribution in [2.45, 2.75) is 39.3 Å². The van der Waals surface area contributed by atoms with Crippen molar-refractivity contribution in [2.75, 3.05) is 24.5 Å². The summed E-state index contributed by atoms with van der Waals surface area (Å²) in [5, 5.41) is 7.01. The first-order chi connectivity index (χ1) is 9.96. The molecule has 2 rings (SSSR count). The molecule has 5 heteroatoms. The van der Waals surface area contributed by atoms with Crippen LogP contribution in [0.1, 0.15) is 32.8 Å². The van der Waals surface area contributed by atoms with Gasteiger partial charge in [-0.15, -0.1) is 0 Å². The van der Waals surface area contributed by atoms with Crippen LogP contribution in [0.4, 0.5) is 5.69 Å². The second-order valence-electron chi connectivity index (χ2n) is 5.92. The fourth-order valence-corrected chi connectivity index (χ4v) is 2.84. The van der Waals surface area contributed by atoms with E-state index >= 15 is 0 Å². The number of piperazine rings is 1. The summed E-state index contributed by atoms with van der Waals surface area (Å²) in [6.45, 7) is 9.23. The van der Waals surface area contributed by atoms with Crippen LogP contribution >= 0.6 is 11.6 Å². The molecule has 1 amide bonds. The first-order valence-electron chi connectivity index (χ1n) is 7.52. The second-order valence-corrected chi connectivity index (χ2v) is 6.33. The molecule has 0 saturated carbocycles. The number of hydrogen-bond donors (Lipinski definition) is 2. The lowest BCUT2D eigenvalue weighted by Gasteiger charge is -2.43. The lowest BCUT2D eigenvalue weighted by Crippen LogP contribution is -2.62. The van der Waals surface area contributed by atoms with Gasteiger partial charge in [0.25, 0.3) is 0 Å². The van der Waals surface area contributed by atoms with E-state index in [0.717, 1.165) is 42.3 Å². The van der Waals surface area contributed by atoms with E-state index in [4.69, 9.17) is 11.6 Å². The van der Waals surface area contributed by atoms with Crippen LogP contribution in [0, 0.1) is 0 Å². The number of carbonyl (C=O) groups is 1. The van der Waals surface area contributed by atoms with Gasteiger partial charge in [0.05, 0.1) is 0 Å². The molecule has 0 spiro atoms. The van der Waals surface area contributed by atoms with Crippen LogP contribution < -0.4 is 15.5 Å². The SMILES string of the molecule is CCCNCc1ccc(N2CCNC(=O)C2(C)C)cc1Cl. The number of nitrogens with zero attached hydrogens (tertiary/aromatic N) is 1. The van der Waals surface area contributed by atoms with Crippen LogP contribution in [0.15, 0.2) is 18.2 Å². The van der Waals surface area contributed by atoms with E-state index in [1.165, 1.54) is 0 Å². The van der Waals surface area contributed by atoms with Crippen LogP contribution in [0.2, 0.25) is 5.02 Å². The van der Waals surface area contributed by atoms with Crippen LogP contribution in [0.3, 0.4) is 0 Å². The summed E-state index contributed by atoms with van der Waals surface area (Å²) < 4.78 is 0. The molecule has 1 aliphatic rings. The fourth-order valence-electron chi connectivity index (χ4n) is 2.60. The number of amides is 1. The minimum absolute atomic E-state index is 0.0542. The Kier molecular flexibility index (Phi) is 5.12. The maximum atomic E-state index is 12.0. The molecule has 0 aliphatic carbocycles. The normalized spacial score (nSPS) is 17.7. The highest BCUT2D eigenvalue weighted by molar-refractivity contribution is 6.31. The Labute approximate surface area is 131 Å². The third-order valence-corrected chi connectivity index (χ3v) is 4.29. The smallest absolute Gasteiger partial charge is 0.245 e. The highest BCUT2D eigenvalue weighted by Gasteiger charge is 2.37. The molecule has 2 N–H and O–H groups in total. The van der Waals surface area contributed by atoms with Gasteiger partial charge in [-0.25, -0.2) is 0 Å². The Balaban J connectivity index is 2.17. The zero-order valence-electron chi connectivity index (χ0n) is 13.0. The molecule has 1 heterocycles. The van der Waals surface area contributed by atoms with E-state index in [1.807, 2.05) is 26.0 Å². The van der Waals surface area contributed by atoms with Crippen molar-refractivity contribution in [1.82, 2.24) is 10.6 Å². The van der Waals surface area contributed by atoms with Gasteiger partial charge in [0.1, 0.15) is 5.54 Å². The lowest BCUT2D eigenvalue weighted by molar-refractivity contribution is -0.126. The maximum absolute atomic E-state index is 12.0. The zero-order chi connectivity index (χ0) is 15.5. The van der Waals surface area contributed by atoms with Gasteiger partial charge in [0.2, 0.25) is 5.91 Å². The first-order valence-corrected chi connectivity index (χ1v) is 7.89. The average molecular weight is 310 g/mol. The predicted molar refractivity (Wildman–Crippen MR) is 87.9 cm³/mol. The number of halogens is 1. The van der Waals surface area contributed by atoms with Gasteiger partial charge >= 0.3 is 0 Å². The van der Waals surface area contributed by atoms with Crippen molar-refractivity contribution in [2.24, 2.45) is 0 Å². The van der Waals surface area contributed by atoms with E-state index in [0.29, 0.717) is 6.54 Å². The average Bonchev–Trinajstić information content (AvgIpc) is 2.44. The van der Waals surface area contributed by atoms with E-state index in [1.54, 1.807) is 0 Å². The summed E-state index contributed by atoms with van der Waals surface area (Å²) in [6, 6.07) is 6.06. The van der Waals surface area contributed by atoms with Gasteiger partial charge in [0.15, 0.2) is 0 Å². The molecule has 0 bridgehead atoms. The van der Waals surface area contributed by atoms with Crippen molar-refractivity contribution < 1.29 is 4.79 Å². The summed E-state index contributed by atoms with van der Waals surface area (Å²) in [5.74, 6) is 0.0542. The van der Waals surface area contributed by atoms with E-state index in [2.05, 4.69) is 28.5 Å². The summed E-state index contributed by atoms with van der Waals surface area (Å²) in [6.07, 6.45) is 1.10. The van der Waals surface area contributed by atoms with E-state index in [-0.39, 0.29) is 5.91 Å². The summed E-state index contributed by atoms with van der Waals surface area (Å²) >= 11 is 6.39. The summed E-state index contributed by atoms with van der Waals surface area (Å²) in [4.78, 5) is 14.1. The minimum Gasteiger partial charge on any atom is -0.356 e. The van der Waals surface area contributed by atoms with Crippen LogP contribution in [0.25, 0.3) is 0 Å². The van der Waals surface area contributed by atoms with Crippen molar-refractivity contribution >= 4 is 23.2 Å². The maximum Gasteiger partial charge on any atom is 0.245 e. The number of benzene rings is 1. The third-order valence-electron chi connectivity index (χ3n) is 3.94. The van der Waals surface area contributed by atoms with Crippen molar-refractivity contribution in [3.63, 3.8) is 0 Å². The van der Waals surface area contributed by atoms with Gasteiger partial charge in [-0.05, 0) is 44.5 Å². The molecule has 1 fully saturated rings. The summed E-state index contributed by atoms with van der Waals surface area (Å²) in [7, 11) is 0. The van der Waals surface area contributed by atoms with Crippen molar-refractivity contribution in [1.29, 1.82) is 0 Å². The topological polar surface area (TPSA) is 44.4 Å². The van der Waals surface area contributed by atoms with Gasteiger partial charge in [0, 0.05) is 30.3 Å². The molecule has 116 valence electrons. The number of carbonyl (C=O) groups excluding carboxylic acids is 1. The lowest BCUT2D eigenvalue weighted by atomic mass is 9.97. The number of rotatable bonds is 5. The Bertz CT molecular complexity index is 516. The zero-order valence-corrected chi connectivity index (χ0v) is 13.8. The molecule has 4 nitrogen and oxygen atoms in total. The molecule has 1 aromatic rings. The first kappa shape index (κ1) is 16.1. The second kappa shape index (κ2) is 6.67. The molecule has 0 radical (unpaired) electrons. The third kappa shape index (κ3) is 3.50. The van der Waals surface area contributed by atoms with Crippen LogP contribution in [0.5, 0.6) is 0 Å². The molecule has 1 aliphatic heterocycles. The number of hydrogen-bond acceptors (Lipinski definition) is 3. The monoisotopic (exact) mass is 309 g/mol. The van der Waals surface area contributed by atoms with Crippen molar-refractivity contribution in [3.8, 4) is 0 Å². The molecule has 21 heavy (non-hydrogen) atoms. The predicted octanol–water partition coefficient (Wildman–Crippen LogP) is 2.55. The van der Waals surface area contributed by atoms with Gasteiger partial charge in [-0.3, -0.25) is 4.79 Å². The molecular weight excluding hydrogens is 286 g/mol. The van der Waals surface area contributed by atoms with Crippen LogP contribution in [-0.2, 0) is 11.3 Å². The standard InChI is InChI=1S/C16H24ClN3O/c1-4-7-18-11-12-5-6-13(10-14(12)17)20-9-8-19-15(21)16(20,2)3/h5-6,10,18H,4,7-9,11H2,1-3H3,(H,19,21).